The molecule has 0 bridgehead atoms. The van der Waals surface area contributed by atoms with Crippen LogP contribution in [0.5, 0.6) is 0 Å². The number of nitrogens with two attached hydrogens (primary N) is 1. The van der Waals surface area contributed by atoms with E-state index in [1.165, 1.54) is 0 Å². The van der Waals surface area contributed by atoms with Gasteiger partial charge in [0.1, 0.15) is 0 Å². The molecule has 0 aromatic carbocycles. The van der Waals surface area contributed by atoms with E-state index in [1.807, 2.05) is 18.2 Å². The molecule has 2 N–H and O–H groups in total. The Hall–Kier alpha value is -1.75. The first-order valence-electron chi connectivity index (χ1n) is 7.60. The van der Waals surface area contributed by atoms with Gasteiger partial charge >= 0.3 is 0 Å². The van der Waals surface area contributed by atoms with Gasteiger partial charge in [0.05, 0.1) is 6.42 Å². The molecule has 114 valence electrons. The Morgan fingerprint density at radius 2 is 2.10 bits per heavy atom. The van der Waals surface area contributed by atoms with Crippen molar-refractivity contribution in [3.05, 3.63) is 41.8 Å². The van der Waals surface area contributed by atoms with Crippen LogP contribution in [-0.4, -0.2) is 21.7 Å². The SMILES string of the molecule is CC(C)C(CCN)CCc1nc(Cc2ccccn2)no1. The van der Waals surface area contributed by atoms with Crippen LogP contribution in [0.1, 0.15) is 44.1 Å². The predicted molar refractivity (Wildman–Crippen MR) is 81.7 cm³/mol. The maximum atomic E-state index is 5.67. The van der Waals surface area contributed by atoms with Gasteiger partial charge in [-0.25, -0.2) is 0 Å². The maximum absolute atomic E-state index is 5.67. The quantitative estimate of drug-likeness (QED) is 0.808. The number of hydrogen-bond donors (Lipinski definition) is 1. The van der Waals surface area contributed by atoms with Gasteiger partial charge in [-0.3, -0.25) is 4.98 Å². The molecule has 0 aliphatic carbocycles. The molecule has 0 aliphatic heterocycles. The lowest BCUT2D eigenvalue weighted by Crippen LogP contribution is -2.15. The fourth-order valence-electron chi connectivity index (χ4n) is 2.46. The van der Waals surface area contributed by atoms with Crippen molar-refractivity contribution < 1.29 is 4.52 Å². The fourth-order valence-corrected chi connectivity index (χ4v) is 2.46. The summed E-state index contributed by atoms with van der Waals surface area (Å²) in [4.78, 5) is 8.72. The minimum atomic E-state index is 0.612. The Kier molecular flexibility index (Phi) is 5.87. The summed E-state index contributed by atoms with van der Waals surface area (Å²) < 4.78 is 5.33. The summed E-state index contributed by atoms with van der Waals surface area (Å²) in [5, 5.41) is 4.03. The number of hydrogen-bond acceptors (Lipinski definition) is 5. The van der Waals surface area contributed by atoms with Crippen LogP contribution < -0.4 is 5.73 Å². The summed E-state index contributed by atoms with van der Waals surface area (Å²) in [5.41, 5.74) is 6.62. The van der Waals surface area contributed by atoms with E-state index in [1.54, 1.807) is 6.20 Å². The van der Waals surface area contributed by atoms with Gasteiger partial charge in [-0.05, 0) is 43.4 Å². The first-order chi connectivity index (χ1) is 10.2. The Labute approximate surface area is 126 Å². The van der Waals surface area contributed by atoms with Crippen LogP contribution >= 0.6 is 0 Å². The average molecular weight is 288 g/mol. The van der Waals surface area contributed by atoms with Crippen LogP contribution in [0, 0.1) is 11.8 Å². The second kappa shape index (κ2) is 7.88. The average Bonchev–Trinajstić information content (AvgIpc) is 2.92. The molecule has 0 saturated heterocycles. The minimum Gasteiger partial charge on any atom is -0.339 e. The van der Waals surface area contributed by atoms with E-state index in [2.05, 4.69) is 29.0 Å². The predicted octanol–water partition coefficient (Wildman–Crippen LogP) is 2.61. The van der Waals surface area contributed by atoms with E-state index in [-0.39, 0.29) is 0 Å². The van der Waals surface area contributed by atoms with Crippen LogP contribution in [0.3, 0.4) is 0 Å². The molecule has 0 saturated carbocycles. The van der Waals surface area contributed by atoms with Crippen molar-refractivity contribution >= 4 is 0 Å². The monoisotopic (exact) mass is 288 g/mol. The first-order valence-corrected chi connectivity index (χ1v) is 7.60. The third-order valence-electron chi connectivity index (χ3n) is 3.78. The summed E-state index contributed by atoms with van der Waals surface area (Å²) in [6.07, 6.45) is 5.29. The van der Waals surface area contributed by atoms with Gasteiger partial charge in [-0.2, -0.15) is 4.98 Å². The number of aryl methyl sites for hydroxylation is 1. The van der Waals surface area contributed by atoms with Crippen molar-refractivity contribution in [1.29, 1.82) is 0 Å². The molecular formula is C16H24N4O. The molecule has 5 heteroatoms. The van der Waals surface area contributed by atoms with Crippen molar-refractivity contribution in [2.45, 2.75) is 39.5 Å². The van der Waals surface area contributed by atoms with E-state index in [0.29, 0.717) is 30.0 Å². The largest absolute Gasteiger partial charge is 0.339 e. The molecule has 0 radical (unpaired) electrons. The third kappa shape index (κ3) is 4.93. The molecule has 0 fully saturated rings. The van der Waals surface area contributed by atoms with Gasteiger partial charge in [-0.15, -0.1) is 0 Å². The van der Waals surface area contributed by atoms with Crippen LogP contribution in [0.4, 0.5) is 0 Å². The molecule has 1 unspecified atom stereocenters. The minimum absolute atomic E-state index is 0.612. The van der Waals surface area contributed by atoms with E-state index in [0.717, 1.165) is 31.5 Å². The number of pyridine rings is 1. The molecule has 1 atom stereocenters. The lowest BCUT2D eigenvalue weighted by atomic mass is 9.88. The highest BCUT2D eigenvalue weighted by Crippen LogP contribution is 2.20. The zero-order valence-electron chi connectivity index (χ0n) is 12.8. The van der Waals surface area contributed by atoms with Crippen LogP contribution in [-0.2, 0) is 12.8 Å². The van der Waals surface area contributed by atoms with E-state index in [9.17, 15) is 0 Å². The summed E-state index contributed by atoms with van der Waals surface area (Å²) in [6.45, 7) is 5.21. The van der Waals surface area contributed by atoms with Gasteiger partial charge in [0.2, 0.25) is 5.89 Å². The van der Waals surface area contributed by atoms with Crippen LogP contribution in [0.15, 0.2) is 28.9 Å². The van der Waals surface area contributed by atoms with E-state index >= 15 is 0 Å². The normalized spacial score (nSPS) is 12.8. The van der Waals surface area contributed by atoms with Gasteiger partial charge in [0, 0.05) is 18.3 Å². The van der Waals surface area contributed by atoms with Crippen LogP contribution in [0.25, 0.3) is 0 Å². The highest BCUT2D eigenvalue weighted by Gasteiger charge is 2.15. The standard InChI is InChI=1S/C16H24N4O/c1-12(2)13(8-9-17)6-7-16-19-15(20-21-16)11-14-5-3-4-10-18-14/h3-5,10,12-13H,6-9,11,17H2,1-2H3. The summed E-state index contributed by atoms with van der Waals surface area (Å²) in [5.74, 6) is 2.65. The number of nitrogens with zero attached hydrogens (tertiary/aromatic N) is 3. The van der Waals surface area contributed by atoms with Crippen molar-refractivity contribution in [3.8, 4) is 0 Å². The molecule has 21 heavy (non-hydrogen) atoms. The summed E-state index contributed by atoms with van der Waals surface area (Å²) in [7, 11) is 0. The van der Waals surface area contributed by atoms with Crippen molar-refractivity contribution in [1.82, 2.24) is 15.1 Å². The highest BCUT2D eigenvalue weighted by atomic mass is 16.5. The summed E-state index contributed by atoms with van der Waals surface area (Å²) >= 11 is 0. The van der Waals surface area contributed by atoms with Crippen molar-refractivity contribution in [2.75, 3.05) is 6.54 Å². The Bertz CT molecular complexity index is 524. The molecule has 2 rings (SSSR count). The lowest BCUT2D eigenvalue weighted by Gasteiger charge is -2.18. The second-order valence-electron chi connectivity index (χ2n) is 5.72. The molecule has 0 aliphatic rings. The first kappa shape index (κ1) is 15.6. The molecular weight excluding hydrogens is 264 g/mol. The molecule has 5 nitrogen and oxygen atoms in total. The van der Waals surface area contributed by atoms with Gasteiger partial charge in [0.15, 0.2) is 5.82 Å². The Balaban J connectivity index is 1.88. The number of aromatic nitrogens is 3. The Morgan fingerprint density at radius 3 is 2.76 bits per heavy atom. The van der Waals surface area contributed by atoms with Crippen molar-refractivity contribution in [2.24, 2.45) is 17.6 Å². The Morgan fingerprint density at radius 1 is 1.24 bits per heavy atom. The smallest absolute Gasteiger partial charge is 0.226 e. The topological polar surface area (TPSA) is 77.8 Å². The molecule has 2 heterocycles. The number of rotatable bonds is 8. The zero-order valence-corrected chi connectivity index (χ0v) is 12.8. The molecule has 0 amide bonds. The van der Waals surface area contributed by atoms with Crippen LogP contribution in [0.2, 0.25) is 0 Å². The fraction of sp³-hybridized carbons (Fsp3) is 0.562. The maximum Gasteiger partial charge on any atom is 0.226 e. The molecule has 0 spiro atoms. The van der Waals surface area contributed by atoms with E-state index in [4.69, 9.17) is 10.3 Å². The van der Waals surface area contributed by atoms with Gasteiger partial charge in [-0.1, -0.05) is 25.1 Å². The lowest BCUT2D eigenvalue weighted by molar-refractivity contribution is 0.313. The summed E-state index contributed by atoms with van der Waals surface area (Å²) in [6, 6.07) is 5.82. The van der Waals surface area contributed by atoms with Gasteiger partial charge < -0.3 is 10.3 Å². The highest BCUT2D eigenvalue weighted by molar-refractivity contribution is 5.09. The zero-order chi connectivity index (χ0) is 15.1. The van der Waals surface area contributed by atoms with Gasteiger partial charge in [0.25, 0.3) is 0 Å². The molecule has 2 aromatic rings. The third-order valence-corrected chi connectivity index (χ3v) is 3.78. The molecule has 2 aromatic heterocycles. The van der Waals surface area contributed by atoms with E-state index < -0.39 is 0 Å². The van der Waals surface area contributed by atoms with Crippen molar-refractivity contribution in [3.63, 3.8) is 0 Å². The second-order valence-corrected chi connectivity index (χ2v) is 5.72.